The highest BCUT2D eigenvalue weighted by molar-refractivity contribution is 5.96. The van der Waals surface area contributed by atoms with Crippen molar-refractivity contribution >= 4 is 5.91 Å². The number of carbonyl (C=O) groups is 1. The Labute approximate surface area is 158 Å². The first-order valence-electron chi connectivity index (χ1n) is 8.63. The monoisotopic (exact) mass is 363 g/mol. The van der Waals surface area contributed by atoms with Gasteiger partial charge in [-0.05, 0) is 29.8 Å². The van der Waals surface area contributed by atoms with Gasteiger partial charge in [0.2, 0.25) is 5.88 Å². The molecular weight excluding hydrogens is 342 g/mol. The van der Waals surface area contributed by atoms with Crippen LogP contribution in [0.1, 0.15) is 27.7 Å². The first-order valence-corrected chi connectivity index (χ1v) is 8.63. The van der Waals surface area contributed by atoms with E-state index in [1.165, 1.54) is 0 Å². The molecule has 0 saturated carbocycles. The normalized spacial score (nSPS) is 11.6. The average molecular weight is 363 g/mol. The molecular formula is C21H21N3O3. The number of aromatic nitrogens is 2. The highest BCUT2D eigenvalue weighted by atomic mass is 16.5. The van der Waals surface area contributed by atoms with E-state index in [2.05, 4.69) is 15.3 Å². The third-order valence-corrected chi connectivity index (χ3v) is 3.93. The standard InChI is InChI=1S/C21H21N3O3/c1-26-14-15-27-21-17(10-7-13-23-21)20(25)24-19(16-8-3-2-4-9-16)18-11-5-6-12-22-18/h2-13,19H,14-15H2,1H3,(H,24,25). The molecule has 0 aliphatic heterocycles. The fourth-order valence-corrected chi connectivity index (χ4v) is 2.63. The molecule has 1 N–H and O–H groups in total. The van der Waals surface area contributed by atoms with E-state index in [0.717, 1.165) is 11.3 Å². The molecule has 3 rings (SSSR count). The van der Waals surface area contributed by atoms with Crippen LogP contribution in [-0.2, 0) is 4.74 Å². The summed E-state index contributed by atoms with van der Waals surface area (Å²) in [7, 11) is 1.59. The first kappa shape index (κ1) is 18.5. The molecule has 2 aromatic heterocycles. The summed E-state index contributed by atoms with van der Waals surface area (Å²) in [5.41, 5.74) is 2.06. The Kier molecular flexibility index (Phi) is 6.49. The molecule has 27 heavy (non-hydrogen) atoms. The van der Waals surface area contributed by atoms with Crippen LogP contribution in [0.25, 0.3) is 0 Å². The second-order valence-electron chi connectivity index (χ2n) is 5.77. The van der Waals surface area contributed by atoms with Gasteiger partial charge < -0.3 is 14.8 Å². The highest BCUT2D eigenvalue weighted by Gasteiger charge is 2.21. The Balaban J connectivity index is 1.86. The van der Waals surface area contributed by atoms with Gasteiger partial charge in [-0.15, -0.1) is 0 Å². The molecule has 138 valence electrons. The van der Waals surface area contributed by atoms with Crippen LogP contribution in [0, 0.1) is 0 Å². The molecule has 6 nitrogen and oxygen atoms in total. The van der Waals surface area contributed by atoms with E-state index in [1.807, 2.05) is 48.5 Å². The third kappa shape index (κ3) is 4.89. The highest BCUT2D eigenvalue weighted by Crippen LogP contribution is 2.22. The molecule has 1 atom stereocenters. The zero-order valence-corrected chi connectivity index (χ0v) is 15.0. The lowest BCUT2D eigenvalue weighted by Crippen LogP contribution is -2.30. The van der Waals surface area contributed by atoms with Gasteiger partial charge in [-0.2, -0.15) is 0 Å². The van der Waals surface area contributed by atoms with E-state index in [1.54, 1.807) is 31.6 Å². The quantitative estimate of drug-likeness (QED) is 0.623. The number of hydrogen-bond acceptors (Lipinski definition) is 5. The van der Waals surface area contributed by atoms with Crippen molar-refractivity contribution in [1.82, 2.24) is 15.3 Å². The zero-order valence-electron chi connectivity index (χ0n) is 15.0. The van der Waals surface area contributed by atoms with Crippen LogP contribution in [0.3, 0.4) is 0 Å². The van der Waals surface area contributed by atoms with E-state index in [4.69, 9.17) is 9.47 Å². The fraction of sp³-hybridized carbons (Fsp3) is 0.190. The van der Waals surface area contributed by atoms with Crippen LogP contribution in [-0.4, -0.2) is 36.2 Å². The van der Waals surface area contributed by atoms with Gasteiger partial charge in [-0.25, -0.2) is 4.98 Å². The van der Waals surface area contributed by atoms with Crippen LogP contribution in [0.15, 0.2) is 73.1 Å². The van der Waals surface area contributed by atoms with E-state index in [0.29, 0.717) is 18.8 Å². The second kappa shape index (κ2) is 9.45. The van der Waals surface area contributed by atoms with E-state index >= 15 is 0 Å². The molecule has 0 fully saturated rings. The maximum absolute atomic E-state index is 13.0. The van der Waals surface area contributed by atoms with Crippen molar-refractivity contribution in [3.63, 3.8) is 0 Å². The smallest absolute Gasteiger partial charge is 0.257 e. The number of rotatable bonds is 8. The van der Waals surface area contributed by atoms with Crippen molar-refractivity contribution in [1.29, 1.82) is 0 Å². The minimum atomic E-state index is -0.382. The third-order valence-electron chi connectivity index (χ3n) is 3.93. The topological polar surface area (TPSA) is 73.3 Å². The number of methoxy groups -OCH3 is 1. The number of hydrogen-bond donors (Lipinski definition) is 1. The first-order chi connectivity index (χ1) is 13.3. The van der Waals surface area contributed by atoms with Gasteiger partial charge in [0, 0.05) is 19.5 Å². The van der Waals surface area contributed by atoms with Crippen molar-refractivity contribution in [2.45, 2.75) is 6.04 Å². The van der Waals surface area contributed by atoms with Crippen LogP contribution < -0.4 is 10.1 Å². The predicted octanol–water partition coefficient (Wildman–Crippen LogP) is 3.02. The minimum absolute atomic E-state index is 0.278. The van der Waals surface area contributed by atoms with E-state index in [-0.39, 0.29) is 17.8 Å². The lowest BCUT2D eigenvalue weighted by Gasteiger charge is -2.19. The van der Waals surface area contributed by atoms with Crippen molar-refractivity contribution in [3.05, 3.63) is 89.9 Å². The maximum atomic E-state index is 13.0. The predicted molar refractivity (Wildman–Crippen MR) is 102 cm³/mol. The van der Waals surface area contributed by atoms with Crippen molar-refractivity contribution < 1.29 is 14.3 Å². The molecule has 2 heterocycles. The summed E-state index contributed by atoms with van der Waals surface area (Å²) in [6, 6.07) is 18.3. The number of ether oxygens (including phenoxy) is 2. The summed E-state index contributed by atoms with van der Waals surface area (Å²) in [5.74, 6) is -0.00472. The average Bonchev–Trinajstić information content (AvgIpc) is 2.73. The molecule has 1 unspecified atom stereocenters. The molecule has 0 radical (unpaired) electrons. The Morgan fingerprint density at radius 1 is 0.963 bits per heavy atom. The summed E-state index contributed by atoms with van der Waals surface area (Å²) in [6.07, 6.45) is 3.30. The Morgan fingerprint density at radius 3 is 2.48 bits per heavy atom. The molecule has 3 aromatic rings. The number of nitrogens with one attached hydrogen (secondary N) is 1. The molecule has 1 amide bonds. The van der Waals surface area contributed by atoms with Gasteiger partial charge >= 0.3 is 0 Å². The summed E-state index contributed by atoms with van der Waals surface area (Å²) < 4.78 is 10.6. The number of pyridine rings is 2. The van der Waals surface area contributed by atoms with Crippen LogP contribution >= 0.6 is 0 Å². The lowest BCUT2D eigenvalue weighted by atomic mass is 10.0. The maximum Gasteiger partial charge on any atom is 0.257 e. The fourth-order valence-electron chi connectivity index (χ4n) is 2.63. The second-order valence-corrected chi connectivity index (χ2v) is 5.77. The molecule has 0 aliphatic carbocycles. The summed E-state index contributed by atoms with van der Waals surface area (Å²) in [6.45, 7) is 0.731. The number of amides is 1. The van der Waals surface area contributed by atoms with E-state index < -0.39 is 0 Å². The largest absolute Gasteiger partial charge is 0.475 e. The molecule has 0 aliphatic rings. The molecule has 1 aromatic carbocycles. The summed E-state index contributed by atoms with van der Waals surface area (Å²) in [5, 5.41) is 3.04. The molecule has 6 heteroatoms. The zero-order chi connectivity index (χ0) is 18.9. The van der Waals surface area contributed by atoms with Gasteiger partial charge in [0.25, 0.3) is 5.91 Å². The molecule has 0 spiro atoms. The summed E-state index contributed by atoms with van der Waals surface area (Å²) >= 11 is 0. The lowest BCUT2D eigenvalue weighted by molar-refractivity contribution is 0.0933. The number of carbonyl (C=O) groups excluding carboxylic acids is 1. The molecule has 0 saturated heterocycles. The summed E-state index contributed by atoms with van der Waals surface area (Å²) in [4.78, 5) is 21.5. The number of nitrogens with zero attached hydrogens (tertiary/aromatic N) is 2. The number of benzene rings is 1. The van der Waals surface area contributed by atoms with E-state index in [9.17, 15) is 4.79 Å². The Morgan fingerprint density at radius 2 is 1.74 bits per heavy atom. The SMILES string of the molecule is COCCOc1ncccc1C(=O)NC(c1ccccc1)c1ccccn1. The van der Waals surface area contributed by atoms with Gasteiger partial charge in [0.15, 0.2) is 0 Å². The van der Waals surface area contributed by atoms with Crippen molar-refractivity contribution in [2.75, 3.05) is 20.3 Å². The molecule has 0 bridgehead atoms. The van der Waals surface area contributed by atoms with Crippen LogP contribution in [0.4, 0.5) is 0 Å². The minimum Gasteiger partial charge on any atom is -0.475 e. The van der Waals surface area contributed by atoms with Gasteiger partial charge in [0.1, 0.15) is 12.2 Å². The Bertz CT molecular complexity index is 817. The van der Waals surface area contributed by atoms with Crippen LogP contribution in [0.2, 0.25) is 0 Å². The Hall–Kier alpha value is -3.25. The van der Waals surface area contributed by atoms with Crippen LogP contribution in [0.5, 0.6) is 5.88 Å². The van der Waals surface area contributed by atoms with Crippen molar-refractivity contribution in [3.8, 4) is 5.88 Å². The van der Waals surface area contributed by atoms with Crippen molar-refractivity contribution in [2.24, 2.45) is 0 Å². The van der Waals surface area contributed by atoms with Gasteiger partial charge in [0.05, 0.1) is 18.3 Å². The van der Waals surface area contributed by atoms with Gasteiger partial charge in [-0.3, -0.25) is 9.78 Å². The van der Waals surface area contributed by atoms with Gasteiger partial charge in [-0.1, -0.05) is 36.4 Å².